The molecule has 1 unspecified atom stereocenters. The van der Waals surface area contributed by atoms with E-state index in [0.29, 0.717) is 6.54 Å². The molecule has 28 heavy (non-hydrogen) atoms. The van der Waals surface area contributed by atoms with Crippen molar-refractivity contribution in [3.63, 3.8) is 0 Å². The third-order valence-electron chi connectivity index (χ3n) is 4.31. The van der Waals surface area contributed by atoms with Crippen LogP contribution in [0.25, 0.3) is 0 Å². The number of hydrogen-bond donors (Lipinski definition) is 2. The molecule has 0 bridgehead atoms. The van der Waals surface area contributed by atoms with E-state index in [-0.39, 0.29) is 30.0 Å². The monoisotopic (exact) mass is 489 g/mol. The van der Waals surface area contributed by atoms with Crippen LogP contribution in [0.3, 0.4) is 0 Å². The van der Waals surface area contributed by atoms with Crippen molar-refractivity contribution in [1.82, 2.24) is 20.4 Å². The minimum absolute atomic E-state index is 0. The first kappa shape index (κ1) is 21.9. The van der Waals surface area contributed by atoms with Crippen LogP contribution in [-0.4, -0.2) is 22.3 Å². The number of nitrogens with one attached hydrogen (secondary N) is 2. The zero-order valence-corrected chi connectivity index (χ0v) is 18.7. The standard InChI is InChI=1S/C22H27N5.HI/c1-3-23-22(26-18(2)21-11-5-4-6-12-21)24-16-19-9-7-10-20(15-19)17-27-14-8-13-25-27;/h4-15,18H,3,16-17H2,1-2H3,(H2,23,24,26);1H. The van der Waals surface area contributed by atoms with E-state index >= 15 is 0 Å². The lowest BCUT2D eigenvalue weighted by molar-refractivity contribution is 0.683. The molecule has 0 aliphatic rings. The summed E-state index contributed by atoms with van der Waals surface area (Å²) in [6.45, 7) is 6.45. The van der Waals surface area contributed by atoms with E-state index < -0.39 is 0 Å². The van der Waals surface area contributed by atoms with Gasteiger partial charge in [-0.2, -0.15) is 5.10 Å². The van der Waals surface area contributed by atoms with Crippen LogP contribution < -0.4 is 10.6 Å². The Morgan fingerprint density at radius 1 is 1.07 bits per heavy atom. The number of guanidine groups is 1. The van der Waals surface area contributed by atoms with E-state index in [2.05, 4.69) is 78.1 Å². The number of halogens is 1. The maximum atomic E-state index is 4.76. The molecular formula is C22H28IN5. The van der Waals surface area contributed by atoms with Crippen molar-refractivity contribution in [2.24, 2.45) is 4.99 Å². The molecule has 6 heteroatoms. The maximum absolute atomic E-state index is 4.76. The van der Waals surface area contributed by atoms with Crippen LogP contribution in [-0.2, 0) is 13.1 Å². The first-order valence-electron chi connectivity index (χ1n) is 9.39. The van der Waals surface area contributed by atoms with Crippen LogP contribution in [0.4, 0.5) is 0 Å². The quantitative estimate of drug-likeness (QED) is 0.295. The molecule has 2 aromatic carbocycles. The number of aromatic nitrogens is 2. The molecule has 0 radical (unpaired) electrons. The third-order valence-corrected chi connectivity index (χ3v) is 4.31. The van der Waals surface area contributed by atoms with Crippen molar-refractivity contribution >= 4 is 29.9 Å². The molecule has 0 saturated carbocycles. The van der Waals surface area contributed by atoms with Crippen molar-refractivity contribution in [3.8, 4) is 0 Å². The second-order valence-electron chi connectivity index (χ2n) is 6.50. The molecule has 3 aromatic rings. The van der Waals surface area contributed by atoms with Gasteiger partial charge in [0, 0.05) is 18.9 Å². The van der Waals surface area contributed by atoms with Crippen molar-refractivity contribution < 1.29 is 0 Å². The lowest BCUT2D eigenvalue weighted by Gasteiger charge is -2.18. The lowest BCUT2D eigenvalue weighted by atomic mass is 10.1. The second-order valence-corrected chi connectivity index (χ2v) is 6.50. The van der Waals surface area contributed by atoms with Crippen molar-refractivity contribution in [1.29, 1.82) is 0 Å². The number of nitrogens with zero attached hydrogens (tertiary/aromatic N) is 3. The minimum Gasteiger partial charge on any atom is -0.357 e. The molecule has 0 aliphatic carbocycles. The Morgan fingerprint density at radius 3 is 2.57 bits per heavy atom. The van der Waals surface area contributed by atoms with E-state index in [9.17, 15) is 0 Å². The first-order chi connectivity index (χ1) is 13.2. The summed E-state index contributed by atoms with van der Waals surface area (Å²) in [7, 11) is 0. The highest BCUT2D eigenvalue weighted by molar-refractivity contribution is 14.0. The number of aliphatic imine (C=N–C) groups is 1. The predicted octanol–water partition coefficient (Wildman–Crippen LogP) is 4.37. The van der Waals surface area contributed by atoms with Gasteiger partial charge in [0.1, 0.15) is 0 Å². The van der Waals surface area contributed by atoms with Gasteiger partial charge in [-0.15, -0.1) is 24.0 Å². The van der Waals surface area contributed by atoms with E-state index in [1.54, 1.807) is 6.20 Å². The molecule has 1 aromatic heterocycles. The van der Waals surface area contributed by atoms with Crippen LogP contribution in [0, 0.1) is 0 Å². The fourth-order valence-electron chi connectivity index (χ4n) is 2.93. The number of hydrogen-bond acceptors (Lipinski definition) is 2. The van der Waals surface area contributed by atoms with Crippen LogP contribution in [0.15, 0.2) is 78.0 Å². The van der Waals surface area contributed by atoms with Crippen molar-refractivity contribution in [2.45, 2.75) is 33.0 Å². The van der Waals surface area contributed by atoms with Gasteiger partial charge in [-0.3, -0.25) is 4.68 Å². The highest BCUT2D eigenvalue weighted by Gasteiger charge is 2.07. The Kier molecular flexibility index (Phi) is 9.00. The SMILES string of the molecule is CCNC(=NCc1cccc(Cn2cccn2)c1)NC(C)c1ccccc1.I. The molecule has 0 aliphatic heterocycles. The van der Waals surface area contributed by atoms with E-state index in [1.807, 2.05) is 23.0 Å². The molecule has 2 N–H and O–H groups in total. The summed E-state index contributed by atoms with van der Waals surface area (Å²) in [5.74, 6) is 0.825. The predicted molar refractivity (Wildman–Crippen MR) is 126 cm³/mol. The van der Waals surface area contributed by atoms with Crippen LogP contribution >= 0.6 is 24.0 Å². The topological polar surface area (TPSA) is 54.2 Å². The average Bonchev–Trinajstić information content (AvgIpc) is 3.20. The Hall–Kier alpha value is -2.35. The van der Waals surface area contributed by atoms with Gasteiger partial charge >= 0.3 is 0 Å². The summed E-state index contributed by atoms with van der Waals surface area (Å²) < 4.78 is 1.93. The summed E-state index contributed by atoms with van der Waals surface area (Å²) >= 11 is 0. The second kappa shape index (κ2) is 11.5. The molecule has 1 atom stereocenters. The van der Waals surface area contributed by atoms with Crippen LogP contribution in [0.1, 0.15) is 36.6 Å². The number of rotatable bonds is 7. The Morgan fingerprint density at radius 2 is 1.86 bits per heavy atom. The van der Waals surface area contributed by atoms with E-state index in [1.165, 1.54) is 16.7 Å². The van der Waals surface area contributed by atoms with E-state index in [4.69, 9.17) is 4.99 Å². The maximum Gasteiger partial charge on any atom is 0.192 e. The fraction of sp³-hybridized carbons (Fsp3) is 0.273. The van der Waals surface area contributed by atoms with Crippen LogP contribution in [0.5, 0.6) is 0 Å². The highest BCUT2D eigenvalue weighted by Crippen LogP contribution is 2.11. The smallest absolute Gasteiger partial charge is 0.192 e. The molecule has 0 spiro atoms. The van der Waals surface area contributed by atoms with Crippen molar-refractivity contribution in [2.75, 3.05) is 6.54 Å². The first-order valence-corrected chi connectivity index (χ1v) is 9.39. The summed E-state index contributed by atoms with van der Waals surface area (Å²) in [6.07, 6.45) is 3.78. The number of benzene rings is 2. The summed E-state index contributed by atoms with van der Waals surface area (Å²) in [5.41, 5.74) is 3.65. The molecule has 148 valence electrons. The van der Waals surface area contributed by atoms with Gasteiger partial charge in [0.15, 0.2) is 5.96 Å². The molecule has 0 amide bonds. The van der Waals surface area contributed by atoms with Crippen molar-refractivity contribution in [3.05, 3.63) is 89.7 Å². The van der Waals surface area contributed by atoms with Gasteiger partial charge in [0.2, 0.25) is 0 Å². The molecular weight excluding hydrogens is 461 g/mol. The fourth-order valence-corrected chi connectivity index (χ4v) is 2.93. The summed E-state index contributed by atoms with van der Waals surface area (Å²) in [5, 5.41) is 11.1. The van der Waals surface area contributed by atoms with Gasteiger partial charge in [0.05, 0.1) is 19.1 Å². The molecule has 0 fully saturated rings. The largest absolute Gasteiger partial charge is 0.357 e. The highest BCUT2D eigenvalue weighted by atomic mass is 127. The molecule has 3 rings (SSSR count). The van der Waals surface area contributed by atoms with Gasteiger partial charge in [0.25, 0.3) is 0 Å². The van der Waals surface area contributed by atoms with E-state index in [0.717, 1.165) is 19.0 Å². The lowest BCUT2D eigenvalue weighted by Crippen LogP contribution is -2.38. The Balaban J connectivity index is 0.00000280. The normalized spacial score (nSPS) is 12.1. The zero-order valence-electron chi connectivity index (χ0n) is 16.4. The van der Waals surface area contributed by atoms with Gasteiger partial charge in [-0.05, 0) is 36.6 Å². The van der Waals surface area contributed by atoms with Gasteiger partial charge in [-0.1, -0.05) is 54.6 Å². The Labute approximate surface area is 184 Å². The van der Waals surface area contributed by atoms with Crippen LogP contribution in [0.2, 0.25) is 0 Å². The Bertz CT molecular complexity index is 846. The minimum atomic E-state index is 0. The summed E-state index contributed by atoms with van der Waals surface area (Å²) in [4.78, 5) is 4.76. The average molecular weight is 489 g/mol. The molecule has 1 heterocycles. The molecule has 0 saturated heterocycles. The summed E-state index contributed by atoms with van der Waals surface area (Å²) in [6, 6.07) is 21.0. The third kappa shape index (κ3) is 6.67. The van der Waals surface area contributed by atoms with Gasteiger partial charge in [-0.25, -0.2) is 4.99 Å². The van der Waals surface area contributed by atoms with Gasteiger partial charge < -0.3 is 10.6 Å². The molecule has 5 nitrogen and oxygen atoms in total. The zero-order chi connectivity index (χ0) is 18.9.